The Hall–Kier alpha value is -1.59. The molecule has 5 nitrogen and oxygen atoms in total. The number of ketones is 1. The molecule has 5 heteroatoms. The zero-order chi connectivity index (χ0) is 12.3. The van der Waals surface area contributed by atoms with E-state index in [-0.39, 0.29) is 19.1 Å². The molecule has 17 heavy (non-hydrogen) atoms. The van der Waals surface area contributed by atoms with E-state index in [4.69, 9.17) is 14.2 Å². The Morgan fingerprint density at radius 1 is 1.53 bits per heavy atom. The van der Waals surface area contributed by atoms with Gasteiger partial charge in [0.15, 0.2) is 12.6 Å². The summed E-state index contributed by atoms with van der Waals surface area (Å²) in [6.45, 7) is 0.850. The Labute approximate surface area is 99.7 Å². The summed E-state index contributed by atoms with van der Waals surface area (Å²) in [5.41, 5.74) is 1.30. The molecule has 1 aromatic rings. The summed E-state index contributed by atoms with van der Waals surface area (Å²) in [6.07, 6.45) is 0. The standard InChI is InChI=1S/C12H15NO4/c1-13-5-9(14)12-8-6-16-7-17-10(8)3-4-11(12)15-2/h3-4,13H,5-7H2,1-2H3. The van der Waals surface area contributed by atoms with Crippen LogP contribution in [0.2, 0.25) is 0 Å². The molecule has 0 saturated carbocycles. The molecular formula is C12H15NO4. The van der Waals surface area contributed by atoms with Crippen molar-refractivity contribution in [2.24, 2.45) is 0 Å². The first-order valence-electron chi connectivity index (χ1n) is 5.36. The predicted octanol–water partition coefficient (Wildman–Crippen LogP) is 0.964. The van der Waals surface area contributed by atoms with Crippen LogP contribution in [-0.2, 0) is 11.3 Å². The largest absolute Gasteiger partial charge is 0.496 e. The fourth-order valence-electron chi connectivity index (χ4n) is 1.86. The monoisotopic (exact) mass is 237 g/mol. The van der Waals surface area contributed by atoms with Gasteiger partial charge < -0.3 is 19.5 Å². The highest BCUT2D eigenvalue weighted by molar-refractivity contribution is 6.02. The van der Waals surface area contributed by atoms with Crippen molar-refractivity contribution in [3.63, 3.8) is 0 Å². The van der Waals surface area contributed by atoms with Gasteiger partial charge in [-0.05, 0) is 19.2 Å². The van der Waals surface area contributed by atoms with Crippen molar-refractivity contribution in [3.05, 3.63) is 23.3 Å². The van der Waals surface area contributed by atoms with Gasteiger partial charge in [0.05, 0.1) is 25.8 Å². The maximum atomic E-state index is 12.0. The van der Waals surface area contributed by atoms with E-state index in [1.54, 1.807) is 26.3 Å². The summed E-state index contributed by atoms with van der Waals surface area (Å²) in [7, 11) is 3.27. The lowest BCUT2D eigenvalue weighted by molar-refractivity contribution is -0.0168. The number of methoxy groups -OCH3 is 1. The summed E-state index contributed by atoms with van der Waals surface area (Å²) in [5.74, 6) is 1.21. The number of carbonyl (C=O) groups excluding carboxylic acids is 1. The number of nitrogens with one attached hydrogen (secondary N) is 1. The second kappa shape index (κ2) is 5.16. The van der Waals surface area contributed by atoms with Gasteiger partial charge in [-0.15, -0.1) is 0 Å². The predicted molar refractivity (Wildman–Crippen MR) is 61.5 cm³/mol. The van der Waals surface area contributed by atoms with Crippen LogP contribution in [0.5, 0.6) is 11.5 Å². The zero-order valence-corrected chi connectivity index (χ0v) is 9.91. The first-order valence-corrected chi connectivity index (χ1v) is 5.36. The SMILES string of the molecule is CNCC(=O)c1c(OC)ccc2c1COCO2. The average Bonchev–Trinajstić information content (AvgIpc) is 2.37. The smallest absolute Gasteiger partial charge is 0.189 e. The maximum Gasteiger partial charge on any atom is 0.189 e. The highest BCUT2D eigenvalue weighted by atomic mass is 16.7. The number of ether oxygens (including phenoxy) is 3. The molecule has 0 unspecified atom stereocenters. The lowest BCUT2D eigenvalue weighted by Crippen LogP contribution is -2.23. The van der Waals surface area contributed by atoms with Crippen LogP contribution in [0.4, 0.5) is 0 Å². The lowest BCUT2D eigenvalue weighted by Gasteiger charge is -2.21. The first-order chi connectivity index (χ1) is 8.27. The third-order valence-electron chi connectivity index (χ3n) is 2.61. The molecule has 0 bridgehead atoms. The van der Waals surface area contributed by atoms with E-state index >= 15 is 0 Å². The van der Waals surface area contributed by atoms with Crippen molar-refractivity contribution in [3.8, 4) is 11.5 Å². The minimum atomic E-state index is -0.0321. The fourth-order valence-corrected chi connectivity index (χ4v) is 1.86. The van der Waals surface area contributed by atoms with E-state index < -0.39 is 0 Å². The summed E-state index contributed by atoms with van der Waals surface area (Å²) in [6, 6.07) is 3.54. The second-order valence-electron chi connectivity index (χ2n) is 3.68. The van der Waals surface area contributed by atoms with Crippen molar-refractivity contribution in [2.45, 2.75) is 6.61 Å². The van der Waals surface area contributed by atoms with E-state index in [9.17, 15) is 4.79 Å². The Kier molecular flexibility index (Phi) is 3.61. The first kappa shape index (κ1) is 11.9. The number of likely N-dealkylation sites (N-methyl/N-ethyl adjacent to an activating group) is 1. The summed E-state index contributed by atoms with van der Waals surface area (Å²) in [5, 5.41) is 2.84. The number of carbonyl (C=O) groups is 1. The van der Waals surface area contributed by atoms with Gasteiger partial charge in [-0.25, -0.2) is 0 Å². The lowest BCUT2D eigenvalue weighted by atomic mass is 10.0. The number of hydrogen-bond acceptors (Lipinski definition) is 5. The summed E-state index contributed by atoms with van der Waals surface area (Å²) < 4.78 is 15.8. The fraction of sp³-hybridized carbons (Fsp3) is 0.417. The third-order valence-corrected chi connectivity index (χ3v) is 2.61. The van der Waals surface area contributed by atoms with E-state index in [0.29, 0.717) is 23.7 Å². The van der Waals surface area contributed by atoms with Crippen LogP contribution >= 0.6 is 0 Å². The second-order valence-corrected chi connectivity index (χ2v) is 3.68. The Bertz CT molecular complexity index is 431. The Morgan fingerprint density at radius 2 is 2.35 bits per heavy atom. The highest BCUT2D eigenvalue weighted by Gasteiger charge is 2.23. The van der Waals surface area contributed by atoms with Crippen LogP contribution in [0, 0.1) is 0 Å². The number of rotatable bonds is 4. The van der Waals surface area contributed by atoms with Gasteiger partial charge in [-0.3, -0.25) is 4.79 Å². The number of fused-ring (bicyclic) bond motifs is 1. The van der Waals surface area contributed by atoms with Crippen LogP contribution in [0.3, 0.4) is 0 Å². The van der Waals surface area contributed by atoms with Crippen LogP contribution in [-0.4, -0.2) is 33.3 Å². The van der Waals surface area contributed by atoms with Crippen molar-refractivity contribution in [1.82, 2.24) is 5.32 Å². The van der Waals surface area contributed by atoms with Crippen LogP contribution in [0.15, 0.2) is 12.1 Å². The Balaban J connectivity index is 2.48. The molecule has 1 aromatic carbocycles. The van der Waals surface area contributed by atoms with Gasteiger partial charge in [-0.2, -0.15) is 0 Å². The van der Waals surface area contributed by atoms with Crippen LogP contribution < -0.4 is 14.8 Å². The quantitative estimate of drug-likeness (QED) is 0.790. The topological polar surface area (TPSA) is 56.8 Å². The van der Waals surface area contributed by atoms with Gasteiger partial charge in [0.1, 0.15) is 11.5 Å². The van der Waals surface area contributed by atoms with Crippen molar-refractivity contribution >= 4 is 5.78 Å². The number of Topliss-reactive ketones (excluding diaryl/α,β-unsaturated/α-hetero) is 1. The van der Waals surface area contributed by atoms with E-state index in [1.807, 2.05) is 0 Å². The molecule has 0 radical (unpaired) electrons. The molecule has 0 aromatic heterocycles. The molecule has 0 fully saturated rings. The zero-order valence-electron chi connectivity index (χ0n) is 9.91. The van der Waals surface area contributed by atoms with Crippen LogP contribution in [0.1, 0.15) is 15.9 Å². The van der Waals surface area contributed by atoms with Crippen molar-refractivity contribution < 1.29 is 19.0 Å². The molecule has 2 rings (SSSR count). The molecule has 0 aliphatic carbocycles. The number of hydrogen-bond donors (Lipinski definition) is 1. The van der Waals surface area contributed by atoms with Crippen molar-refractivity contribution in [1.29, 1.82) is 0 Å². The average molecular weight is 237 g/mol. The van der Waals surface area contributed by atoms with E-state index in [1.165, 1.54) is 0 Å². The van der Waals surface area contributed by atoms with Crippen LogP contribution in [0.25, 0.3) is 0 Å². The normalized spacial score (nSPS) is 13.8. The van der Waals surface area contributed by atoms with E-state index in [2.05, 4.69) is 5.32 Å². The molecule has 1 N–H and O–H groups in total. The van der Waals surface area contributed by atoms with Gasteiger partial charge in [-0.1, -0.05) is 0 Å². The highest BCUT2D eigenvalue weighted by Crippen LogP contribution is 2.33. The van der Waals surface area contributed by atoms with E-state index in [0.717, 1.165) is 5.56 Å². The van der Waals surface area contributed by atoms with Gasteiger partial charge in [0.2, 0.25) is 0 Å². The molecule has 1 aliphatic rings. The van der Waals surface area contributed by atoms with Gasteiger partial charge in [0.25, 0.3) is 0 Å². The summed E-state index contributed by atoms with van der Waals surface area (Å²) >= 11 is 0. The van der Waals surface area contributed by atoms with Gasteiger partial charge in [0, 0.05) is 5.56 Å². The molecule has 0 atom stereocenters. The maximum absolute atomic E-state index is 12.0. The van der Waals surface area contributed by atoms with Gasteiger partial charge >= 0.3 is 0 Å². The molecular weight excluding hydrogens is 222 g/mol. The summed E-state index contributed by atoms with van der Waals surface area (Å²) in [4.78, 5) is 12.0. The third kappa shape index (κ3) is 2.25. The molecule has 92 valence electrons. The number of benzene rings is 1. The molecule has 0 saturated heterocycles. The molecule has 1 aliphatic heterocycles. The minimum Gasteiger partial charge on any atom is -0.496 e. The minimum absolute atomic E-state index is 0.0321. The molecule has 0 spiro atoms. The molecule has 0 amide bonds. The Morgan fingerprint density at radius 3 is 3.06 bits per heavy atom. The van der Waals surface area contributed by atoms with Crippen molar-refractivity contribution in [2.75, 3.05) is 27.5 Å². The molecule has 1 heterocycles.